The Kier molecular flexibility index (Phi) is 6.10. The van der Waals surface area contributed by atoms with Crippen LogP contribution in [-0.4, -0.2) is 14.2 Å². The van der Waals surface area contributed by atoms with Crippen LogP contribution < -0.4 is 15.6 Å². The van der Waals surface area contributed by atoms with Crippen molar-refractivity contribution in [2.24, 2.45) is 0 Å². The Labute approximate surface area is 140 Å². The van der Waals surface area contributed by atoms with Crippen LogP contribution in [0.4, 0.5) is 20.2 Å². The molecule has 24 heavy (non-hydrogen) atoms. The third kappa shape index (κ3) is 4.90. The molecule has 0 saturated heterocycles. The third-order valence-corrected chi connectivity index (χ3v) is 4.67. The molecule has 0 aliphatic rings. The normalized spacial score (nSPS) is 11.3. The SMILES string of the molecule is CCCS(=O)(=O)Nc1ccc(F)c(CNNc2ccccc2)c1F. The van der Waals surface area contributed by atoms with Gasteiger partial charge in [0.25, 0.3) is 0 Å². The number of hydrazine groups is 1. The van der Waals surface area contributed by atoms with Crippen LogP contribution in [0.25, 0.3) is 0 Å². The van der Waals surface area contributed by atoms with E-state index in [9.17, 15) is 17.2 Å². The van der Waals surface area contributed by atoms with Gasteiger partial charge in [-0.15, -0.1) is 0 Å². The maximum atomic E-state index is 14.4. The lowest BCUT2D eigenvalue weighted by molar-refractivity contribution is 0.547. The van der Waals surface area contributed by atoms with Crippen molar-refractivity contribution in [3.8, 4) is 0 Å². The Morgan fingerprint density at radius 1 is 1.04 bits per heavy atom. The van der Waals surface area contributed by atoms with E-state index >= 15 is 0 Å². The first kappa shape index (κ1) is 18.2. The fraction of sp³-hybridized carbons (Fsp3) is 0.250. The predicted octanol–water partition coefficient (Wildman–Crippen LogP) is 3.23. The molecule has 0 aliphatic carbocycles. The van der Waals surface area contributed by atoms with E-state index in [4.69, 9.17) is 0 Å². The van der Waals surface area contributed by atoms with Gasteiger partial charge in [0.15, 0.2) is 5.82 Å². The Balaban J connectivity index is 2.10. The standard InChI is InChI=1S/C16H19F2N3O2S/c1-2-10-24(22,23)21-15-9-8-14(17)13(16(15)18)11-19-20-12-6-4-3-5-7-12/h3-9,19-21H,2,10-11H2,1H3. The number of nitrogens with one attached hydrogen (secondary N) is 3. The average molecular weight is 355 g/mol. The second-order valence-corrected chi connectivity index (χ2v) is 6.99. The molecule has 0 radical (unpaired) electrons. The summed E-state index contributed by atoms with van der Waals surface area (Å²) >= 11 is 0. The maximum Gasteiger partial charge on any atom is 0.232 e. The van der Waals surface area contributed by atoms with E-state index in [1.165, 1.54) is 0 Å². The first-order valence-corrected chi connectivity index (χ1v) is 9.09. The van der Waals surface area contributed by atoms with Gasteiger partial charge >= 0.3 is 0 Å². The van der Waals surface area contributed by atoms with Gasteiger partial charge in [0.05, 0.1) is 11.4 Å². The Hall–Kier alpha value is -2.19. The van der Waals surface area contributed by atoms with E-state index in [0.29, 0.717) is 6.42 Å². The molecule has 2 rings (SSSR count). The fourth-order valence-electron chi connectivity index (χ4n) is 2.08. The predicted molar refractivity (Wildman–Crippen MR) is 91.0 cm³/mol. The molecule has 0 saturated carbocycles. The molecular formula is C16H19F2N3O2S. The number of halogens is 2. The number of hydrogen-bond acceptors (Lipinski definition) is 4. The summed E-state index contributed by atoms with van der Waals surface area (Å²) in [5.41, 5.74) is 5.74. The number of benzene rings is 2. The molecule has 5 nitrogen and oxygen atoms in total. The van der Waals surface area contributed by atoms with Crippen LogP contribution in [0.5, 0.6) is 0 Å². The van der Waals surface area contributed by atoms with Crippen molar-refractivity contribution in [3.63, 3.8) is 0 Å². The second-order valence-electron chi connectivity index (χ2n) is 5.15. The van der Waals surface area contributed by atoms with Gasteiger partial charge < -0.3 is 5.43 Å². The van der Waals surface area contributed by atoms with Crippen LogP contribution in [0.2, 0.25) is 0 Å². The summed E-state index contributed by atoms with van der Waals surface area (Å²) < 4.78 is 53.9. The Morgan fingerprint density at radius 3 is 2.42 bits per heavy atom. The van der Waals surface area contributed by atoms with Crippen LogP contribution >= 0.6 is 0 Å². The zero-order valence-corrected chi connectivity index (χ0v) is 14.0. The molecule has 2 aromatic carbocycles. The van der Waals surface area contributed by atoms with Crippen molar-refractivity contribution in [3.05, 3.63) is 59.7 Å². The number of sulfonamides is 1. The molecule has 0 spiro atoms. The summed E-state index contributed by atoms with van der Waals surface area (Å²) in [6.07, 6.45) is 0.396. The molecule has 0 atom stereocenters. The van der Waals surface area contributed by atoms with Gasteiger partial charge in [-0.05, 0) is 30.7 Å². The van der Waals surface area contributed by atoms with Crippen molar-refractivity contribution in [1.82, 2.24) is 5.43 Å². The van der Waals surface area contributed by atoms with Crippen molar-refractivity contribution in [2.45, 2.75) is 19.9 Å². The van der Waals surface area contributed by atoms with Crippen molar-refractivity contribution < 1.29 is 17.2 Å². The lowest BCUT2D eigenvalue weighted by Crippen LogP contribution is -2.23. The van der Waals surface area contributed by atoms with Crippen molar-refractivity contribution >= 4 is 21.4 Å². The highest BCUT2D eigenvalue weighted by Crippen LogP contribution is 2.22. The first-order valence-electron chi connectivity index (χ1n) is 7.44. The summed E-state index contributed by atoms with van der Waals surface area (Å²) in [5, 5.41) is 0. The van der Waals surface area contributed by atoms with Gasteiger partial charge in [0.2, 0.25) is 10.0 Å². The minimum absolute atomic E-state index is 0.132. The minimum atomic E-state index is -3.65. The number of rotatable bonds is 8. The molecule has 0 aromatic heterocycles. The van der Waals surface area contributed by atoms with E-state index in [0.717, 1.165) is 17.8 Å². The Morgan fingerprint density at radius 2 is 1.75 bits per heavy atom. The quantitative estimate of drug-likeness (QED) is 0.636. The number of hydrogen-bond donors (Lipinski definition) is 3. The molecule has 8 heteroatoms. The van der Waals surface area contributed by atoms with Crippen LogP contribution in [0.1, 0.15) is 18.9 Å². The third-order valence-electron chi connectivity index (χ3n) is 3.20. The Bertz CT molecular complexity index is 783. The average Bonchev–Trinajstić information content (AvgIpc) is 2.54. The van der Waals surface area contributed by atoms with E-state index in [1.807, 2.05) is 18.2 Å². The molecular weight excluding hydrogens is 336 g/mol. The van der Waals surface area contributed by atoms with E-state index < -0.39 is 21.7 Å². The van der Waals surface area contributed by atoms with Crippen molar-refractivity contribution in [1.29, 1.82) is 0 Å². The van der Waals surface area contributed by atoms with Crippen molar-refractivity contribution in [2.75, 3.05) is 15.9 Å². The van der Waals surface area contributed by atoms with E-state index in [1.54, 1.807) is 19.1 Å². The molecule has 0 heterocycles. The van der Waals surface area contributed by atoms with Gasteiger partial charge in [-0.25, -0.2) is 22.6 Å². The lowest BCUT2D eigenvalue weighted by Gasteiger charge is -2.13. The number of para-hydroxylation sites is 1. The molecule has 0 fully saturated rings. The topological polar surface area (TPSA) is 70.2 Å². The van der Waals surface area contributed by atoms with Gasteiger partial charge in [-0.1, -0.05) is 25.1 Å². The van der Waals surface area contributed by atoms with Gasteiger partial charge in [-0.3, -0.25) is 4.72 Å². The van der Waals surface area contributed by atoms with Crippen LogP contribution in [0, 0.1) is 11.6 Å². The smallest absolute Gasteiger partial charge is 0.232 e. The second kappa shape index (κ2) is 8.07. The molecule has 2 aromatic rings. The monoisotopic (exact) mass is 355 g/mol. The van der Waals surface area contributed by atoms with Crippen LogP contribution in [0.3, 0.4) is 0 Å². The summed E-state index contributed by atoms with van der Waals surface area (Å²) in [6.45, 7) is 1.54. The molecule has 0 bridgehead atoms. The van der Waals surface area contributed by atoms with Crippen LogP contribution in [-0.2, 0) is 16.6 Å². The van der Waals surface area contributed by atoms with Gasteiger partial charge in [0, 0.05) is 17.8 Å². The summed E-state index contributed by atoms with van der Waals surface area (Å²) in [7, 11) is -3.65. The summed E-state index contributed by atoms with van der Waals surface area (Å²) in [6, 6.07) is 11.2. The summed E-state index contributed by atoms with van der Waals surface area (Å²) in [5.74, 6) is -1.82. The zero-order valence-electron chi connectivity index (χ0n) is 13.1. The van der Waals surface area contributed by atoms with Gasteiger partial charge in [0.1, 0.15) is 5.82 Å². The summed E-state index contributed by atoms with van der Waals surface area (Å²) in [4.78, 5) is 0. The van der Waals surface area contributed by atoms with E-state index in [-0.39, 0.29) is 23.5 Å². The first-order chi connectivity index (χ1) is 11.4. The number of anilines is 2. The van der Waals surface area contributed by atoms with Gasteiger partial charge in [-0.2, -0.15) is 0 Å². The highest BCUT2D eigenvalue weighted by atomic mass is 32.2. The molecule has 0 unspecified atom stereocenters. The zero-order chi connectivity index (χ0) is 17.6. The highest BCUT2D eigenvalue weighted by molar-refractivity contribution is 7.92. The minimum Gasteiger partial charge on any atom is -0.321 e. The molecule has 3 N–H and O–H groups in total. The maximum absolute atomic E-state index is 14.4. The molecule has 0 amide bonds. The molecule has 0 aliphatic heterocycles. The van der Waals surface area contributed by atoms with E-state index in [2.05, 4.69) is 15.6 Å². The van der Waals surface area contributed by atoms with Crippen LogP contribution in [0.15, 0.2) is 42.5 Å². The fourth-order valence-corrected chi connectivity index (χ4v) is 3.21. The lowest BCUT2D eigenvalue weighted by atomic mass is 10.1. The highest BCUT2D eigenvalue weighted by Gasteiger charge is 2.17. The molecule has 130 valence electrons. The largest absolute Gasteiger partial charge is 0.321 e.